The minimum atomic E-state index is -0.871. The summed E-state index contributed by atoms with van der Waals surface area (Å²) in [4.78, 5) is 2.07. The van der Waals surface area contributed by atoms with Crippen molar-refractivity contribution in [3.05, 3.63) is 71.8 Å². The zero-order valence-corrected chi connectivity index (χ0v) is 15.7. The van der Waals surface area contributed by atoms with E-state index in [-0.39, 0.29) is 24.6 Å². The average molecular weight is 371 g/mol. The number of likely N-dealkylation sites (tertiary alicyclic amines) is 1. The summed E-state index contributed by atoms with van der Waals surface area (Å²) in [6.45, 7) is 3.11. The van der Waals surface area contributed by atoms with Gasteiger partial charge in [0.2, 0.25) is 0 Å². The summed E-state index contributed by atoms with van der Waals surface area (Å²) in [5.41, 5.74) is 2.07. The van der Waals surface area contributed by atoms with Crippen molar-refractivity contribution in [2.45, 2.75) is 37.8 Å². The summed E-state index contributed by atoms with van der Waals surface area (Å²) in [6.07, 6.45) is -1.72. The molecule has 0 aromatic heterocycles. The van der Waals surface area contributed by atoms with Crippen LogP contribution in [0.2, 0.25) is 0 Å². The number of aliphatic hydroxyl groups excluding tert-OH is 3. The van der Waals surface area contributed by atoms with Crippen molar-refractivity contribution in [1.82, 2.24) is 4.90 Å². The molecule has 27 heavy (non-hydrogen) atoms. The first kappa shape index (κ1) is 20.0. The summed E-state index contributed by atoms with van der Waals surface area (Å²) in [5, 5.41) is 30.9. The molecule has 5 nitrogen and oxygen atoms in total. The van der Waals surface area contributed by atoms with Gasteiger partial charge in [-0.3, -0.25) is 4.90 Å². The van der Waals surface area contributed by atoms with Crippen molar-refractivity contribution < 1.29 is 20.1 Å². The predicted molar refractivity (Wildman–Crippen MR) is 104 cm³/mol. The normalized spacial score (nSPS) is 27.4. The fraction of sp³-hybridized carbons (Fsp3) is 0.455. The SMILES string of the molecule is C[C@@H]1[C@@H](COCc2ccccc2)[C@H](O)[C@H](O)CN1[C@@H](CO)c1ccccc1. The minimum Gasteiger partial charge on any atom is -0.394 e. The molecule has 2 aromatic rings. The van der Waals surface area contributed by atoms with Crippen molar-refractivity contribution in [1.29, 1.82) is 0 Å². The quantitative estimate of drug-likeness (QED) is 0.694. The van der Waals surface area contributed by atoms with Gasteiger partial charge in [-0.1, -0.05) is 60.7 Å². The second kappa shape index (κ2) is 9.44. The van der Waals surface area contributed by atoms with Crippen molar-refractivity contribution in [3.63, 3.8) is 0 Å². The Morgan fingerprint density at radius 3 is 2.30 bits per heavy atom. The van der Waals surface area contributed by atoms with Gasteiger partial charge < -0.3 is 20.1 Å². The Kier molecular flexibility index (Phi) is 6.99. The second-order valence-corrected chi connectivity index (χ2v) is 7.27. The molecule has 5 heteroatoms. The molecule has 0 bridgehead atoms. The number of hydrogen-bond donors (Lipinski definition) is 3. The molecule has 0 aliphatic carbocycles. The number of nitrogens with zero attached hydrogens (tertiary/aromatic N) is 1. The summed E-state index contributed by atoms with van der Waals surface area (Å²) in [6, 6.07) is 19.4. The molecule has 3 rings (SSSR count). The van der Waals surface area contributed by atoms with E-state index in [0.717, 1.165) is 11.1 Å². The van der Waals surface area contributed by atoms with Crippen LogP contribution in [-0.2, 0) is 11.3 Å². The van der Waals surface area contributed by atoms with Crippen LogP contribution in [0.15, 0.2) is 60.7 Å². The first-order valence-electron chi connectivity index (χ1n) is 9.51. The van der Waals surface area contributed by atoms with Gasteiger partial charge in [-0.05, 0) is 18.1 Å². The van der Waals surface area contributed by atoms with E-state index in [9.17, 15) is 15.3 Å². The van der Waals surface area contributed by atoms with Crippen molar-refractivity contribution >= 4 is 0 Å². The van der Waals surface area contributed by atoms with E-state index >= 15 is 0 Å². The lowest BCUT2D eigenvalue weighted by atomic mass is 9.84. The fourth-order valence-corrected chi connectivity index (χ4v) is 3.92. The van der Waals surface area contributed by atoms with Crippen LogP contribution in [0.1, 0.15) is 24.1 Å². The zero-order chi connectivity index (χ0) is 19.2. The first-order valence-corrected chi connectivity index (χ1v) is 9.51. The highest BCUT2D eigenvalue weighted by Crippen LogP contribution is 2.32. The monoisotopic (exact) mass is 371 g/mol. The molecular formula is C22H29NO4. The number of aliphatic hydroxyl groups is 3. The highest BCUT2D eigenvalue weighted by Gasteiger charge is 2.42. The van der Waals surface area contributed by atoms with Gasteiger partial charge in [-0.25, -0.2) is 0 Å². The molecule has 0 saturated carbocycles. The van der Waals surface area contributed by atoms with E-state index in [0.29, 0.717) is 19.8 Å². The van der Waals surface area contributed by atoms with Gasteiger partial charge in [0.25, 0.3) is 0 Å². The topological polar surface area (TPSA) is 73.2 Å². The van der Waals surface area contributed by atoms with Crippen LogP contribution in [0.3, 0.4) is 0 Å². The third kappa shape index (κ3) is 4.75. The van der Waals surface area contributed by atoms with Crippen LogP contribution < -0.4 is 0 Å². The van der Waals surface area contributed by atoms with Crippen LogP contribution in [0.4, 0.5) is 0 Å². The Morgan fingerprint density at radius 1 is 1.04 bits per heavy atom. The third-order valence-corrected chi connectivity index (χ3v) is 5.55. The number of rotatable bonds is 7. The lowest BCUT2D eigenvalue weighted by Crippen LogP contribution is -2.59. The molecule has 0 unspecified atom stereocenters. The fourth-order valence-electron chi connectivity index (χ4n) is 3.92. The summed E-state index contributed by atoms with van der Waals surface area (Å²) in [5.74, 6) is -0.241. The van der Waals surface area contributed by atoms with Gasteiger partial charge in [-0.2, -0.15) is 0 Å². The van der Waals surface area contributed by atoms with Crippen molar-refractivity contribution in [3.8, 4) is 0 Å². The van der Waals surface area contributed by atoms with E-state index in [2.05, 4.69) is 4.90 Å². The maximum atomic E-state index is 10.5. The predicted octanol–water partition coefficient (Wildman–Crippen LogP) is 1.98. The smallest absolute Gasteiger partial charge is 0.0930 e. The maximum Gasteiger partial charge on any atom is 0.0930 e. The highest BCUT2D eigenvalue weighted by atomic mass is 16.5. The van der Waals surface area contributed by atoms with Gasteiger partial charge in [-0.15, -0.1) is 0 Å². The van der Waals surface area contributed by atoms with Crippen LogP contribution in [0.25, 0.3) is 0 Å². The lowest BCUT2D eigenvalue weighted by molar-refractivity contribution is -0.132. The highest BCUT2D eigenvalue weighted by molar-refractivity contribution is 5.20. The molecule has 1 aliphatic rings. The minimum absolute atomic E-state index is 0.0449. The molecular weight excluding hydrogens is 342 g/mol. The molecule has 3 N–H and O–H groups in total. The maximum absolute atomic E-state index is 10.5. The molecule has 5 atom stereocenters. The molecule has 0 radical (unpaired) electrons. The number of benzene rings is 2. The van der Waals surface area contributed by atoms with Gasteiger partial charge in [0.05, 0.1) is 38.1 Å². The summed E-state index contributed by atoms with van der Waals surface area (Å²) >= 11 is 0. The van der Waals surface area contributed by atoms with Gasteiger partial charge in [0.15, 0.2) is 0 Å². The lowest BCUT2D eigenvalue weighted by Gasteiger charge is -2.47. The Balaban J connectivity index is 1.69. The largest absolute Gasteiger partial charge is 0.394 e. The number of piperidine rings is 1. The second-order valence-electron chi connectivity index (χ2n) is 7.27. The van der Waals surface area contributed by atoms with E-state index in [4.69, 9.17) is 4.74 Å². The van der Waals surface area contributed by atoms with Crippen LogP contribution >= 0.6 is 0 Å². The molecule has 1 aliphatic heterocycles. The molecule has 1 heterocycles. The van der Waals surface area contributed by atoms with Crippen molar-refractivity contribution in [2.24, 2.45) is 5.92 Å². The number of β-amino-alcohol motifs (C(OH)–C–C–N with tert-alkyl or cyclic N) is 1. The molecule has 1 saturated heterocycles. The average Bonchev–Trinajstić information content (AvgIpc) is 2.70. The standard InChI is InChI=1S/C22H29NO4/c1-16-19(15-27-14-17-8-4-2-5-9-17)22(26)21(25)12-23(16)20(13-24)18-10-6-3-7-11-18/h2-11,16,19-22,24-26H,12-15H2,1H3/t16-,19-,20+,21-,22+/m1/s1. The molecule has 2 aromatic carbocycles. The molecule has 146 valence electrons. The van der Waals surface area contributed by atoms with Gasteiger partial charge in [0, 0.05) is 18.5 Å². The third-order valence-electron chi connectivity index (χ3n) is 5.55. The first-order chi connectivity index (χ1) is 13.1. The summed E-state index contributed by atoms with van der Waals surface area (Å²) < 4.78 is 5.86. The van der Waals surface area contributed by atoms with E-state index in [1.54, 1.807) is 0 Å². The molecule has 1 fully saturated rings. The molecule has 0 spiro atoms. The van der Waals surface area contributed by atoms with Crippen LogP contribution in [-0.4, -0.2) is 58.2 Å². The Morgan fingerprint density at radius 2 is 1.67 bits per heavy atom. The Bertz CT molecular complexity index is 681. The van der Waals surface area contributed by atoms with Gasteiger partial charge >= 0.3 is 0 Å². The van der Waals surface area contributed by atoms with Gasteiger partial charge in [0.1, 0.15) is 0 Å². The van der Waals surface area contributed by atoms with Crippen LogP contribution in [0, 0.1) is 5.92 Å². The van der Waals surface area contributed by atoms with E-state index < -0.39 is 12.2 Å². The van der Waals surface area contributed by atoms with Crippen LogP contribution in [0.5, 0.6) is 0 Å². The van der Waals surface area contributed by atoms with E-state index in [1.165, 1.54) is 0 Å². The number of ether oxygens (including phenoxy) is 1. The molecule has 0 amide bonds. The van der Waals surface area contributed by atoms with Crippen molar-refractivity contribution in [2.75, 3.05) is 19.8 Å². The zero-order valence-electron chi connectivity index (χ0n) is 15.7. The Hall–Kier alpha value is -1.76. The summed E-state index contributed by atoms with van der Waals surface area (Å²) in [7, 11) is 0. The van der Waals surface area contributed by atoms with E-state index in [1.807, 2.05) is 67.6 Å². The Labute approximate surface area is 160 Å². The number of hydrogen-bond acceptors (Lipinski definition) is 5.